The lowest BCUT2D eigenvalue weighted by atomic mass is 9.89. The van der Waals surface area contributed by atoms with Crippen LogP contribution >= 0.6 is 0 Å². The minimum atomic E-state index is -4.59. The van der Waals surface area contributed by atoms with Crippen LogP contribution in [-0.4, -0.2) is 61.8 Å². The van der Waals surface area contributed by atoms with Gasteiger partial charge in [0, 0.05) is 42.4 Å². The Kier molecular flexibility index (Phi) is 10.1. The van der Waals surface area contributed by atoms with Gasteiger partial charge in [-0.05, 0) is 62.9 Å². The van der Waals surface area contributed by atoms with Crippen LogP contribution in [0.3, 0.4) is 0 Å². The fourth-order valence-corrected chi connectivity index (χ4v) is 8.78. The Labute approximate surface area is 292 Å². The Hall–Kier alpha value is -3.80. The summed E-state index contributed by atoms with van der Waals surface area (Å²) in [6.07, 6.45) is 0.469. The largest absolute Gasteiger partial charge is 0.416 e. The van der Waals surface area contributed by atoms with Gasteiger partial charge in [0.1, 0.15) is 6.54 Å². The number of halogens is 3. The van der Waals surface area contributed by atoms with E-state index < -0.39 is 27.1 Å². The predicted molar refractivity (Wildman–Crippen MR) is 190 cm³/mol. The monoisotopic (exact) mass is 707 g/mol. The number of hydrogen-bond donors (Lipinski definition) is 2. The molecule has 0 aliphatic carbocycles. The van der Waals surface area contributed by atoms with Crippen LogP contribution in [0.4, 0.5) is 13.2 Å². The molecule has 0 radical (unpaired) electrons. The zero-order chi connectivity index (χ0) is 35.7. The molecule has 0 unspecified atom stereocenters. The first-order valence-corrected chi connectivity index (χ1v) is 19.2. The molecule has 2 aliphatic heterocycles. The number of piperidine rings is 2. The van der Waals surface area contributed by atoms with E-state index in [0.717, 1.165) is 80.5 Å². The number of nitrogens with one attached hydrogen (secondary N) is 2. The second-order valence-corrected chi connectivity index (χ2v) is 16.6. The van der Waals surface area contributed by atoms with E-state index in [1.165, 1.54) is 18.2 Å². The minimum Gasteiger partial charge on any atom is -0.343 e. The number of nitrogens with zero attached hydrogens (tertiary/aromatic N) is 2. The van der Waals surface area contributed by atoms with Crippen molar-refractivity contribution in [1.82, 2.24) is 15.6 Å². The van der Waals surface area contributed by atoms with Crippen LogP contribution in [0.5, 0.6) is 0 Å². The number of alkyl halides is 3. The SMILES string of the molecule is CCS(=O)(=O)c1ccc2c(C(=O)NC(C)(C)c3ccccc3)c(C[N+]3(C4CCNCC4)CCCCC3)c(-c3cccc(C(F)(F)F)c3)nc2c1. The molecule has 2 saturated heterocycles. The highest BCUT2D eigenvalue weighted by molar-refractivity contribution is 7.91. The summed E-state index contributed by atoms with van der Waals surface area (Å²) in [4.78, 5) is 19.9. The van der Waals surface area contributed by atoms with Gasteiger partial charge in [-0.1, -0.05) is 55.5 Å². The standard InChI is InChI=1S/C39H45F3N4O3S/c1-4-50(48,49)31-16-17-32-34(25-31)44-36(27-12-11-15-29(24-27)39(40,41)42)33(26-46(22-9-6-10-23-46)30-18-20-43-21-19-30)35(32)37(47)45-38(2,3)28-13-7-5-8-14-28/h5,7-8,11-17,24-25,30,43H,4,6,9-10,18-23,26H2,1-3H3/p+1. The van der Waals surface area contributed by atoms with Gasteiger partial charge in [-0.3, -0.25) is 4.79 Å². The summed E-state index contributed by atoms with van der Waals surface area (Å²) in [6.45, 7) is 9.36. The van der Waals surface area contributed by atoms with Gasteiger partial charge in [-0.25, -0.2) is 13.4 Å². The molecule has 0 saturated carbocycles. The molecule has 2 aliphatic rings. The molecular weight excluding hydrogens is 662 g/mol. The third kappa shape index (κ3) is 7.31. The van der Waals surface area contributed by atoms with Gasteiger partial charge in [0.2, 0.25) is 0 Å². The van der Waals surface area contributed by atoms with Crippen LogP contribution in [0.25, 0.3) is 22.2 Å². The van der Waals surface area contributed by atoms with E-state index in [0.29, 0.717) is 29.1 Å². The van der Waals surface area contributed by atoms with E-state index in [9.17, 15) is 26.4 Å². The van der Waals surface area contributed by atoms with E-state index in [1.807, 2.05) is 44.2 Å². The molecule has 2 fully saturated rings. The number of pyridine rings is 1. The Balaban J connectivity index is 1.64. The molecular formula is C39H46F3N4O3S+. The van der Waals surface area contributed by atoms with Crippen LogP contribution in [0.15, 0.2) is 77.7 Å². The number of carbonyl (C=O) groups excluding carboxylic acids is 1. The van der Waals surface area contributed by atoms with Crippen molar-refractivity contribution >= 4 is 26.6 Å². The molecule has 0 bridgehead atoms. The van der Waals surface area contributed by atoms with E-state index in [4.69, 9.17) is 4.98 Å². The second-order valence-electron chi connectivity index (χ2n) is 14.3. The van der Waals surface area contributed by atoms with Crippen molar-refractivity contribution in [3.63, 3.8) is 0 Å². The lowest BCUT2D eigenvalue weighted by Crippen LogP contribution is -2.60. The number of benzene rings is 3. The van der Waals surface area contributed by atoms with Crippen LogP contribution in [0, 0.1) is 0 Å². The molecule has 2 N–H and O–H groups in total. The molecule has 0 atom stereocenters. The number of sulfone groups is 1. The smallest absolute Gasteiger partial charge is 0.343 e. The molecule has 4 aromatic rings. The molecule has 266 valence electrons. The van der Waals surface area contributed by atoms with Gasteiger partial charge < -0.3 is 15.1 Å². The topological polar surface area (TPSA) is 88.2 Å². The lowest BCUT2D eigenvalue weighted by Gasteiger charge is -2.49. The molecule has 3 aromatic carbocycles. The maximum atomic E-state index is 14.9. The summed E-state index contributed by atoms with van der Waals surface area (Å²) in [6, 6.07) is 19.6. The number of fused-ring (bicyclic) bond motifs is 1. The number of likely N-dealkylation sites (tertiary alicyclic amines) is 1. The van der Waals surface area contributed by atoms with Gasteiger partial charge in [0.05, 0.1) is 57.7 Å². The molecule has 11 heteroatoms. The quantitative estimate of drug-likeness (QED) is 0.175. The summed E-state index contributed by atoms with van der Waals surface area (Å²) >= 11 is 0. The summed E-state index contributed by atoms with van der Waals surface area (Å²) in [5.41, 5.74) is 0.920. The van der Waals surface area contributed by atoms with Gasteiger partial charge in [-0.15, -0.1) is 0 Å². The Morgan fingerprint density at radius 1 is 0.920 bits per heavy atom. The first kappa shape index (κ1) is 36.0. The number of quaternary nitrogens is 1. The number of hydrogen-bond acceptors (Lipinski definition) is 5. The predicted octanol–water partition coefficient (Wildman–Crippen LogP) is 7.63. The van der Waals surface area contributed by atoms with Crippen LogP contribution < -0.4 is 10.6 Å². The molecule has 3 heterocycles. The van der Waals surface area contributed by atoms with Crippen LogP contribution in [-0.2, 0) is 28.1 Å². The van der Waals surface area contributed by atoms with E-state index >= 15 is 0 Å². The zero-order valence-corrected chi connectivity index (χ0v) is 29.8. The number of aromatic nitrogens is 1. The van der Waals surface area contributed by atoms with Crippen molar-refractivity contribution in [2.75, 3.05) is 31.9 Å². The van der Waals surface area contributed by atoms with Crippen molar-refractivity contribution < 1.29 is 30.9 Å². The Bertz CT molecular complexity index is 1970. The highest BCUT2D eigenvalue weighted by Gasteiger charge is 2.42. The van der Waals surface area contributed by atoms with Crippen molar-refractivity contribution in [2.45, 2.75) is 82.1 Å². The average molecular weight is 708 g/mol. The van der Waals surface area contributed by atoms with Gasteiger partial charge >= 0.3 is 6.18 Å². The van der Waals surface area contributed by atoms with Crippen LogP contribution in [0.2, 0.25) is 0 Å². The molecule has 7 nitrogen and oxygen atoms in total. The van der Waals surface area contributed by atoms with Gasteiger partial charge in [0.25, 0.3) is 5.91 Å². The summed E-state index contributed by atoms with van der Waals surface area (Å²) in [7, 11) is -3.65. The van der Waals surface area contributed by atoms with Crippen molar-refractivity contribution in [2.24, 2.45) is 0 Å². The lowest BCUT2D eigenvalue weighted by molar-refractivity contribution is -0.968. The first-order valence-electron chi connectivity index (χ1n) is 17.6. The van der Waals surface area contributed by atoms with Gasteiger partial charge in [0.15, 0.2) is 9.84 Å². The third-order valence-electron chi connectivity index (χ3n) is 10.7. The van der Waals surface area contributed by atoms with Gasteiger partial charge in [-0.2, -0.15) is 13.2 Å². The fourth-order valence-electron chi connectivity index (χ4n) is 7.88. The highest BCUT2D eigenvalue weighted by Crippen LogP contribution is 2.40. The van der Waals surface area contributed by atoms with E-state index in [1.54, 1.807) is 19.1 Å². The van der Waals surface area contributed by atoms with Crippen LogP contribution in [0.1, 0.15) is 79.9 Å². The zero-order valence-electron chi connectivity index (χ0n) is 28.9. The Morgan fingerprint density at radius 2 is 1.60 bits per heavy atom. The number of rotatable bonds is 9. The van der Waals surface area contributed by atoms with E-state index in [2.05, 4.69) is 10.6 Å². The highest BCUT2D eigenvalue weighted by atomic mass is 32.2. The first-order chi connectivity index (χ1) is 23.7. The summed E-state index contributed by atoms with van der Waals surface area (Å²) < 4.78 is 69.2. The second kappa shape index (κ2) is 14.1. The summed E-state index contributed by atoms with van der Waals surface area (Å²) in [5, 5.41) is 7.17. The Morgan fingerprint density at radius 3 is 2.26 bits per heavy atom. The molecule has 1 aromatic heterocycles. The average Bonchev–Trinajstić information content (AvgIpc) is 3.11. The maximum Gasteiger partial charge on any atom is 0.416 e. The van der Waals surface area contributed by atoms with E-state index in [-0.39, 0.29) is 33.3 Å². The minimum absolute atomic E-state index is 0.0490. The molecule has 6 rings (SSSR count). The summed E-state index contributed by atoms with van der Waals surface area (Å²) in [5.74, 6) is -0.521. The van der Waals surface area contributed by atoms with Crippen molar-refractivity contribution in [1.29, 1.82) is 0 Å². The number of amides is 1. The molecule has 0 spiro atoms. The number of carbonyl (C=O) groups is 1. The molecule has 50 heavy (non-hydrogen) atoms. The fraction of sp³-hybridized carbons (Fsp3) is 0.436. The van der Waals surface area contributed by atoms with Crippen molar-refractivity contribution in [3.8, 4) is 11.3 Å². The maximum absolute atomic E-state index is 14.9. The van der Waals surface area contributed by atoms with Crippen molar-refractivity contribution in [3.05, 3.63) is 95.1 Å². The molecule has 1 amide bonds. The normalized spacial score (nSPS) is 17.5. The third-order valence-corrected chi connectivity index (χ3v) is 12.4.